The molecular formula is C14H20ClNO. The standard InChI is InChI=1S/C14H20ClNO/c1-3-13-7-4-10(2)16(13)14-8-12(15)6-5-11(14)9-17/h5-6,8,10,13,17H,3-4,7,9H2,1-2H3. The average molecular weight is 254 g/mol. The molecule has 1 N–H and O–H groups in total. The lowest BCUT2D eigenvalue weighted by Crippen LogP contribution is -2.34. The van der Waals surface area contributed by atoms with E-state index in [1.54, 1.807) is 0 Å². The Balaban J connectivity index is 2.40. The third-order valence-corrected chi connectivity index (χ3v) is 3.99. The Morgan fingerprint density at radius 1 is 1.41 bits per heavy atom. The Morgan fingerprint density at radius 2 is 2.18 bits per heavy atom. The summed E-state index contributed by atoms with van der Waals surface area (Å²) >= 11 is 6.08. The van der Waals surface area contributed by atoms with Crippen LogP contribution in [0.4, 0.5) is 5.69 Å². The lowest BCUT2D eigenvalue weighted by atomic mass is 10.1. The number of anilines is 1. The van der Waals surface area contributed by atoms with Gasteiger partial charge in [0.05, 0.1) is 6.61 Å². The fraction of sp³-hybridized carbons (Fsp3) is 0.571. The molecule has 2 atom stereocenters. The van der Waals surface area contributed by atoms with Gasteiger partial charge in [-0.2, -0.15) is 0 Å². The van der Waals surface area contributed by atoms with Crippen molar-refractivity contribution in [1.29, 1.82) is 0 Å². The Hall–Kier alpha value is -0.730. The maximum atomic E-state index is 9.45. The van der Waals surface area contributed by atoms with E-state index in [0.29, 0.717) is 12.1 Å². The first-order chi connectivity index (χ1) is 8.17. The molecule has 17 heavy (non-hydrogen) atoms. The molecule has 0 bridgehead atoms. The monoisotopic (exact) mass is 253 g/mol. The zero-order valence-corrected chi connectivity index (χ0v) is 11.2. The van der Waals surface area contributed by atoms with Crippen molar-refractivity contribution in [3.05, 3.63) is 28.8 Å². The summed E-state index contributed by atoms with van der Waals surface area (Å²) in [6, 6.07) is 6.86. The van der Waals surface area contributed by atoms with Crippen LogP contribution < -0.4 is 4.90 Å². The molecule has 94 valence electrons. The zero-order chi connectivity index (χ0) is 12.4. The molecule has 2 rings (SSSR count). The quantitative estimate of drug-likeness (QED) is 0.890. The summed E-state index contributed by atoms with van der Waals surface area (Å²) in [5, 5.41) is 10.2. The van der Waals surface area contributed by atoms with Gasteiger partial charge in [-0.1, -0.05) is 24.6 Å². The van der Waals surface area contributed by atoms with Gasteiger partial charge in [-0.25, -0.2) is 0 Å². The molecule has 1 aliphatic heterocycles. The number of rotatable bonds is 3. The van der Waals surface area contributed by atoms with Gasteiger partial charge in [0.15, 0.2) is 0 Å². The number of hydrogen-bond acceptors (Lipinski definition) is 2. The van der Waals surface area contributed by atoms with Crippen LogP contribution in [0.2, 0.25) is 5.02 Å². The maximum Gasteiger partial charge on any atom is 0.0702 e. The number of benzene rings is 1. The van der Waals surface area contributed by atoms with E-state index in [0.717, 1.165) is 22.7 Å². The summed E-state index contributed by atoms with van der Waals surface area (Å²) in [7, 11) is 0. The number of aliphatic hydroxyl groups is 1. The van der Waals surface area contributed by atoms with E-state index in [4.69, 9.17) is 11.6 Å². The van der Waals surface area contributed by atoms with Gasteiger partial charge in [0.2, 0.25) is 0 Å². The molecule has 1 heterocycles. The number of hydrogen-bond donors (Lipinski definition) is 1. The molecule has 1 aromatic rings. The van der Waals surface area contributed by atoms with E-state index in [9.17, 15) is 5.11 Å². The normalized spacial score (nSPS) is 24.4. The summed E-state index contributed by atoms with van der Waals surface area (Å²) < 4.78 is 0. The van der Waals surface area contributed by atoms with Crippen LogP contribution in [0.5, 0.6) is 0 Å². The maximum absolute atomic E-state index is 9.45. The van der Waals surface area contributed by atoms with E-state index in [2.05, 4.69) is 18.7 Å². The molecule has 1 fully saturated rings. The molecule has 0 aromatic heterocycles. The molecule has 1 aromatic carbocycles. The van der Waals surface area contributed by atoms with Crippen LogP contribution in [0, 0.1) is 0 Å². The molecule has 1 saturated heterocycles. The molecule has 0 amide bonds. The zero-order valence-electron chi connectivity index (χ0n) is 10.5. The highest BCUT2D eigenvalue weighted by Gasteiger charge is 2.30. The third kappa shape index (κ3) is 2.43. The molecule has 0 radical (unpaired) electrons. The van der Waals surface area contributed by atoms with Crippen molar-refractivity contribution in [2.45, 2.75) is 51.8 Å². The van der Waals surface area contributed by atoms with Crippen molar-refractivity contribution < 1.29 is 5.11 Å². The van der Waals surface area contributed by atoms with Crippen molar-refractivity contribution in [3.8, 4) is 0 Å². The second-order valence-corrected chi connectivity index (χ2v) is 5.26. The predicted octanol–water partition coefficient (Wildman–Crippen LogP) is 3.60. The molecule has 2 nitrogen and oxygen atoms in total. The highest BCUT2D eigenvalue weighted by molar-refractivity contribution is 6.30. The Kier molecular flexibility index (Phi) is 3.95. The van der Waals surface area contributed by atoms with Crippen molar-refractivity contribution >= 4 is 17.3 Å². The molecule has 2 unspecified atom stereocenters. The van der Waals surface area contributed by atoms with Gasteiger partial charge in [-0.05, 0) is 38.3 Å². The lowest BCUT2D eigenvalue weighted by Gasteiger charge is -2.32. The summed E-state index contributed by atoms with van der Waals surface area (Å²) in [5.41, 5.74) is 2.08. The van der Waals surface area contributed by atoms with Crippen LogP contribution in [0.15, 0.2) is 18.2 Å². The highest BCUT2D eigenvalue weighted by Crippen LogP contribution is 2.35. The van der Waals surface area contributed by atoms with E-state index >= 15 is 0 Å². The summed E-state index contributed by atoms with van der Waals surface area (Å²) in [4.78, 5) is 2.43. The highest BCUT2D eigenvalue weighted by atomic mass is 35.5. The summed E-state index contributed by atoms with van der Waals surface area (Å²) in [6.45, 7) is 4.54. The van der Waals surface area contributed by atoms with E-state index in [-0.39, 0.29) is 6.61 Å². The number of aliphatic hydroxyl groups excluding tert-OH is 1. The largest absolute Gasteiger partial charge is 0.392 e. The van der Waals surface area contributed by atoms with Crippen LogP contribution >= 0.6 is 11.6 Å². The Bertz CT molecular complexity index is 394. The first-order valence-electron chi connectivity index (χ1n) is 6.35. The Morgan fingerprint density at radius 3 is 2.82 bits per heavy atom. The van der Waals surface area contributed by atoms with Gasteiger partial charge in [0.25, 0.3) is 0 Å². The average Bonchev–Trinajstić information content (AvgIpc) is 2.70. The van der Waals surface area contributed by atoms with Gasteiger partial charge in [0.1, 0.15) is 0 Å². The fourth-order valence-corrected chi connectivity index (χ4v) is 2.98. The minimum Gasteiger partial charge on any atom is -0.392 e. The van der Waals surface area contributed by atoms with E-state index in [1.165, 1.54) is 12.8 Å². The van der Waals surface area contributed by atoms with Crippen LogP contribution in [0.25, 0.3) is 0 Å². The second kappa shape index (κ2) is 5.28. The van der Waals surface area contributed by atoms with Gasteiger partial charge in [-0.15, -0.1) is 0 Å². The van der Waals surface area contributed by atoms with Crippen LogP contribution in [0.1, 0.15) is 38.7 Å². The van der Waals surface area contributed by atoms with Crippen LogP contribution in [-0.4, -0.2) is 17.2 Å². The lowest BCUT2D eigenvalue weighted by molar-refractivity contribution is 0.282. The number of halogens is 1. The topological polar surface area (TPSA) is 23.5 Å². The summed E-state index contributed by atoms with van der Waals surface area (Å²) in [5.74, 6) is 0. The number of nitrogens with zero attached hydrogens (tertiary/aromatic N) is 1. The second-order valence-electron chi connectivity index (χ2n) is 4.83. The predicted molar refractivity (Wildman–Crippen MR) is 72.6 cm³/mol. The van der Waals surface area contributed by atoms with Crippen molar-refractivity contribution in [1.82, 2.24) is 0 Å². The molecule has 3 heteroatoms. The third-order valence-electron chi connectivity index (χ3n) is 3.75. The van der Waals surface area contributed by atoms with Crippen LogP contribution in [0.3, 0.4) is 0 Å². The van der Waals surface area contributed by atoms with Crippen molar-refractivity contribution in [2.75, 3.05) is 4.90 Å². The van der Waals surface area contributed by atoms with Crippen molar-refractivity contribution in [3.63, 3.8) is 0 Å². The van der Waals surface area contributed by atoms with Crippen LogP contribution in [-0.2, 0) is 6.61 Å². The Labute approximate surface area is 108 Å². The van der Waals surface area contributed by atoms with Gasteiger partial charge < -0.3 is 10.0 Å². The molecule has 0 saturated carbocycles. The first kappa shape index (κ1) is 12.7. The molecule has 1 aliphatic rings. The minimum atomic E-state index is 0.0756. The van der Waals surface area contributed by atoms with E-state index in [1.807, 2.05) is 18.2 Å². The molecule has 0 aliphatic carbocycles. The first-order valence-corrected chi connectivity index (χ1v) is 6.72. The fourth-order valence-electron chi connectivity index (χ4n) is 2.82. The minimum absolute atomic E-state index is 0.0756. The van der Waals surface area contributed by atoms with Gasteiger partial charge in [-0.3, -0.25) is 0 Å². The SMILES string of the molecule is CCC1CCC(C)N1c1cc(Cl)ccc1CO. The molecule has 0 spiro atoms. The van der Waals surface area contributed by atoms with Gasteiger partial charge >= 0.3 is 0 Å². The summed E-state index contributed by atoms with van der Waals surface area (Å²) in [6.07, 6.45) is 3.59. The van der Waals surface area contributed by atoms with Crippen molar-refractivity contribution in [2.24, 2.45) is 0 Å². The molecular weight excluding hydrogens is 234 g/mol. The smallest absolute Gasteiger partial charge is 0.0702 e. The van der Waals surface area contributed by atoms with E-state index < -0.39 is 0 Å². The van der Waals surface area contributed by atoms with Gasteiger partial charge in [0, 0.05) is 28.4 Å².